The molecule has 0 saturated heterocycles. The number of unbranched alkanes of at least 4 members (excludes halogenated alkanes) is 1. The zero-order chi connectivity index (χ0) is 10.4. The topological polar surface area (TPSA) is 55.0 Å². The highest BCUT2D eigenvalue weighted by Gasteiger charge is 1.99. The molecule has 0 saturated carbocycles. The van der Waals surface area contributed by atoms with Gasteiger partial charge in [0, 0.05) is 0 Å². The van der Waals surface area contributed by atoms with Crippen LogP contribution in [-0.2, 0) is 6.42 Å². The van der Waals surface area contributed by atoms with Crippen molar-refractivity contribution < 1.29 is 0 Å². The first-order chi connectivity index (χ1) is 6.70. The molecule has 1 rings (SSSR count). The molecule has 1 aromatic rings. The van der Waals surface area contributed by atoms with Crippen LogP contribution in [0.5, 0.6) is 0 Å². The minimum Gasteiger partial charge on any atom is -0.396 e. The lowest BCUT2D eigenvalue weighted by molar-refractivity contribution is 0.394. The molecule has 0 bridgehead atoms. The van der Waals surface area contributed by atoms with Crippen molar-refractivity contribution in [3.05, 3.63) is 18.2 Å². The fourth-order valence-electron chi connectivity index (χ4n) is 1.30. The van der Waals surface area contributed by atoms with Crippen LogP contribution in [0.25, 0.3) is 0 Å². The molecular weight excluding hydrogens is 176 g/mol. The Kier molecular flexibility index (Phi) is 4.32. The Bertz CT molecular complexity index is 273. The van der Waals surface area contributed by atoms with E-state index in [1.165, 1.54) is 6.42 Å². The molecule has 0 spiro atoms. The second kappa shape index (κ2) is 5.54. The highest BCUT2D eigenvalue weighted by Crippen LogP contribution is 2.08. The number of nitrogens with zero attached hydrogens (tertiary/aromatic N) is 3. The Labute approximate surface area is 85.2 Å². The number of rotatable bonds is 5. The van der Waals surface area contributed by atoms with E-state index in [0.717, 1.165) is 25.1 Å². The number of anilines is 1. The predicted molar refractivity (Wildman–Crippen MR) is 57.9 cm³/mol. The van der Waals surface area contributed by atoms with Gasteiger partial charge in [-0.25, -0.2) is 9.97 Å². The second-order valence-electron chi connectivity index (χ2n) is 3.69. The Balaban J connectivity index is 2.28. The third-order valence-corrected chi connectivity index (χ3v) is 2.10. The number of hydrogen-bond acceptors (Lipinski definition) is 4. The number of aromatic nitrogens is 2. The van der Waals surface area contributed by atoms with E-state index >= 15 is 0 Å². The van der Waals surface area contributed by atoms with Gasteiger partial charge in [-0.15, -0.1) is 0 Å². The molecule has 0 radical (unpaired) electrons. The molecule has 4 nitrogen and oxygen atoms in total. The van der Waals surface area contributed by atoms with Crippen LogP contribution in [0, 0.1) is 0 Å². The van der Waals surface area contributed by atoms with Crippen molar-refractivity contribution >= 4 is 5.69 Å². The second-order valence-corrected chi connectivity index (χ2v) is 3.69. The highest BCUT2D eigenvalue weighted by atomic mass is 15.0. The Morgan fingerprint density at radius 1 is 1.36 bits per heavy atom. The Hall–Kier alpha value is -1.16. The number of nitrogen functional groups attached to an aromatic ring is 1. The lowest BCUT2D eigenvalue weighted by Gasteiger charge is -2.08. The molecule has 0 aliphatic carbocycles. The molecule has 14 heavy (non-hydrogen) atoms. The molecule has 0 aliphatic rings. The largest absolute Gasteiger partial charge is 0.396 e. The van der Waals surface area contributed by atoms with E-state index in [9.17, 15) is 0 Å². The molecule has 0 atom stereocenters. The molecule has 4 heteroatoms. The van der Waals surface area contributed by atoms with Gasteiger partial charge in [0.2, 0.25) is 0 Å². The molecular formula is C10H18N4. The van der Waals surface area contributed by atoms with Gasteiger partial charge >= 0.3 is 0 Å². The van der Waals surface area contributed by atoms with Crippen LogP contribution in [-0.4, -0.2) is 35.5 Å². The van der Waals surface area contributed by atoms with Gasteiger partial charge in [0.1, 0.15) is 6.33 Å². The summed E-state index contributed by atoms with van der Waals surface area (Å²) in [6.45, 7) is 1.12. The van der Waals surface area contributed by atoms with Crippen molar-refractivity contribution in [1.29, 1.82) is 0 Å². The summed E-state index contributed by atoms with van der Waals surface area (Å²) < 4.78 is 0. The van der Waals surface area contributed by atoms with Gasteiger partial charge in [-0.3, -0.25) is 0 Å². The predicted octanol–water partition coefficient (Wildman–Crippen LogP) is 0.943. The van der Waals surface area contributed by atoms with Crippen LogP contribution in [0.3, 0.4) is 0 Å². The Morgan fingerprint density at radius 3 is 2.79 bits per heavy atom. The quantitative estimate of drug-likeness (QED) is 0.709. The maximum atomic E-state index is 5.73. The third kappa shape index (κ3) is 3.70. The van der Waals surface area contributed by atoms with E-state index in [1.807, 2.05) is 0 Å². The molecule has 0 aliphatic heterocycles. The number of nitrogens with two attached hydrogens (primary N) is 1. The standard InChI is InChI=1S/C10H18N4/c1-14(2)6-4-3-5-10-9(11)7-12-8-13-10/h7-8H,3-6,11H2,1-2H3. The van der Waals surface area contributed by atoms with Crippen molar-refractivity contribution in [1.82, 2.24) is 14.9 Å². The summed E-state index contributed by atoms with van der Waals surface area (Å²) in [4.78, 5) is 10.2. The summed E-state index contributed by atoms with van der Waals surface area (Å²) in [5.74, 6) is 0. The van der Waals surface area contributed by atoms with Gasteiger partial charge in [0.05, 0.1) is 17.6 Å². The van der Waals surface area contributed by atoms with Gasteiger partial charge in [-0.2, -0.15) is 0 Å². The number of aryl methyl sites for hydroxylation is 1. The minimum atomic E-state index is 0.706. The number of hydrogen-bond donors (Lipinski definition) is 1. The van der Waals surface area contributed by atoms with E-state index in [-0.39, 0.29) is 0 Å². The van der Waals surface area contributed by atoms with E-state index < -0.39 is 0 Å². The average Bonchev–Trinajstić information content (AvgIpc) is 2.15. The molecule has 0 fully saturated rings. The molecule has 1 aromatic heterocycles. The Morgan fingerprint density at radius 2 is 2.14 bits per heavy atom. The van der Waals surface area contributed by atoms with Gasteiger partial charge in [-0.05, 0) is 39.9 Å². The van der Waals surface area contributed by atoms with Crippen molar-refractivity contribution in [2.75, 3.05) is 26.4 Å². The van der Waals surface area contributed by atoms with E-state index in [1.54, 1.807) is 12.5 Å². The van der Waals surface area contributed by atoms with Crippen molar-refractivity contribution in [2.45, 2.75) is 19.3 Å². The minimum absolute atomic E-state index is 0.706. The fraction of sp³-hybridized carbons (Fsp3) is 0.600. The third-order valence-electron chi connectivity index (χ3n) is 2.10. The van der Waals surface area contributed by atoms with Crippen molar-refractivity contribution in [3.8, 4) is 0 Å². The molecule has 0 aromatic carbocycles. The summed E-state index contributed by atoms with van der Waals surface area (Å²) in [6.07, 6.45) is 6.46. The molecule has 0 unspecified atom stereocenters. The normalized spacial score (nSPS) is 10.8. The van der Waals surface area contributed by atoms with E-state index in [0.29, 0.717) is 5.69 Å². The first kappa shape index (κ1) is 10.9. The van der Waals surface area contributed by atoms with Gasteiger partial charge in [0.15, 0.2) is 0 Å². The molecule has 78 valence electrons. The van der Waals surface area contributed by atoms with Crippen LogP contribution in [0.4, 0.5) is 5.69 Å². The molecule has 0 amide bonds. The van der Waals surface area contributed by atoms with E-state index in [4.69, 9.17) is 5.73 Å². The van der Waals surface area contributed by atoms with Crippen LogP contribution in [0.15, 0.2) is 12.5 Å². The summed E-state index contributed by atoms with van der Waals surface area (Å²) in [5, 5.41) is 0. The van der Waals surface area contributed by atoms with Gasteiger partial charge in [0.25, 0.3) is 0 Å². The SMILES string of the molecule is CN(C)CCCCc1ncncc1N. The molecule has 1 heterocycles. The summed E-state index contributed by atoms with van der Waals surface area (Å²) in [7, 11) is 4.16. The maximum absolute atomic E-state index is 5.73. The van der Waals surface area contributed by atoms with Gasteiger partial charge in [-0.1, -0.05) is 0 Å². The average molecular weight is 194 g/mol. The van der Waals surface area contributed by atoms with Gasteiger partial charge < -0.3 is 10.6 Å². The zero-order valence-corrected chi connectivity index (χ0v) is 8.90. The lowest BCUT2D eigenvalue weighted by atomic mass is 10.1. The van der Waals surface area contributed by atoms with Crippen LogP contribution < -0.4 is 5.73 Å². The van der Waals surface area contributed by atoms with Crippen LogP contribution in [0.2, 0.25) is 0 Å². The summed E-state index contributed by atoms with van der Waals surface area (Å²) in [6, 6.07) is 0. The highest BCUT2D eigenvalue weighted by molar-refractivity contribution is 5.39. The monoisotopic (exact) mass is 194 g/mol. The maximum Gasteiger partial charge on any atom is 0.115 e. The first-order valence-corrected chi connectivity index (χ1v) is 4.89. The summed E-state index contributed by atoms with van der Waals surface area (Å²) in [5.41, 5.74) is 7.40. The van der Waals surface area contributed by atoms with Crippen LogP contribution in [0.1, 0.15) is 18.5 Å². The van der Waals surface area contributed by atoms with Crippen molar-refractivity contribution in [2.24, 2.45) is 0 Å². The smallest absolute Gasteiger partial charge is 0.115 e. The fourth-order valence-corrected chi connectivity index (χ4v) is 1.30. The van der Waals surface area contributed by atoms with Crippen LogP contribution >= 0.6 is 0 Å². The van der Waals surface area contributed by atoms with E-state index in [2.05, 4.69) is 29.0 Å². The van der Waals surface area contributed by atoms with Crippen molar-refractivity contribution in [3.63, 3.8) is 0 Å². The lowest BCUT2D eigenvalue weighted by Crippen LogP contribution is -2.13. The summed E-state index contributed by atoms with van der Waals surface area (Å²) >= 11 is 0. The first-order valence-electron chi connectivity index (χ1n) is 4.89. The zero-order valence-electron chi connectivity index (χ0n) is 8.90. The molecule has 2 N–H and O–H groups in total.